The van der Waals surface area contributed by atoms with Crippen molar-refractivity contribution in [2.24, 2.45) is 0 Å². The van der Waals surface area contributed by atoms with Crippen LogP contribution in [0.25, 0.3) is 0 Å². The van der Waals surface area contributed by atoms with Crippen LogP contribution >= 0.6 is 0 Å². The molecule has 1 aliphatic rings. The van der Waals surface area contributed by atoms with Gasteiger partial charge in [0.1, 0.15) is 6.54 Å². The molecule has 0 aromatic heterocycles. The first-order valence-corrected chi connectivity index (χ1v) is 6.92. The Labute approximate surface area is 118 Å². The molecule has 0 radical (unpaired) electrons. The molecule has 0 heterocycles. The standard InChI is InChI=1S/C13H22N2O5/c1-3-14(8-7-11(16)17)13(19)15(10-5-6-10)9-12(18)20-4-2/h10H,3-9H2,1-2H3,(H,16,17). The summed E-state index contributed by atoms with van der Waals surface area (Å²) in [6.07, 6.45) is 1.65. The second-order valence-corrected chi connectivity index (χ2v) is 4.67. The van der Waals surface area contributed by atoms with Gasteiger partial charge >= 0.3 is 18.0 Å². The molecule has 0 aromatic rings. The molecule has 2 amide bonds. The molecule has 0 aromatic carbocycles. The number of carboxylic acids is 1. The van der Waals surface area contributed by atoms with Gasteiger partial charge in [0, 0.05) is 19.1 Å². The lowest BCUT2D eigenvalue weighted by Gasteiger charge is -2.29. The van der Waals surface area contributed by atoms with E-state index >= 15 is 0 Å². The fourth-order valence-corrected chi connectivity index (χ4v) is 1.89. The third-order valence-electron chi connectivity index (χ3n) is 3.09. The van der Waals surface area contributed by atoms with E-state index in [2.05, 4.69) is 0 Å². The van der Waals surface area contributed by atoms with Gasteiger partial charge in [0.25, 0.3) is 0 Å². The summed E-state index contributed by atoms with van der Waals surface area (Å²) in [6.45, 7) is 4.28. The summed E-state index contributed by atoms with van der Waals surface area (Å²) in [5, 5.41) is 8.69. The number of aliphatic carboxylic acids is 1. The van der Waals surface area contributed by atoms with E-state index in [1.54, 1.807) is 13.8 Å². The van der Waals surface area contributed by atoms with Crippen LogP contribution in [0.1, 0.15) is 33.1 Å². The second kappa shape index (κ2) is 7.72. The van der Waals surface area contributed by atoms with Crippen LogP contribution in [0.3, 0.4) is 0 Å². The number of carbonyl (C=O) groups is 3. The molecule has 1 aliphatic carbocycles. The molecular weight excluding hydrogens is 264 g/mol. The third kappa shape index (κ3) is 5.07. The highest BCUT2D eigenvalue weighted by Gasteiger charge is 2.36. The van der Waals surface area contributed by atoms with Crippen molar-refractivity contribution in [3.8, 4) is 0 Å². The van der Waals surface area contributed by atoms with Crippen molar-refractivity contribution in [1.29, 1.82) is 0 Å². The molecule has 0 saturated heterocycles. The molecule has 0 atom stereocenters. The van der Waals surface area contributed by atoms with Crippen molar-refractivity contribution >= 4 is 18.0 Å². The first kappa shape index (κ1) is 16.3. The zero-order valence-electron chi connectivity index (χ0n) is 12.0. The Morgan fingerprint density at radius 2 is 1.90 bits per heavy atom. The highest BCUT2D eigenvalue weighted by atomic mass is 16.5. The maximum atomic E-state index is 12.4. The van der Waals surface area contributed by atoms with Crippen molar-refractivity contribution in [2.45, 2.75) is 39.2 Å². The minimum absolute atomic E-state index is 0.0685. The molecule has 1 fully saturated rings. The Hall–Kier alpha value is -1.79. The molecular formula is C13H22N2O5. The molecule has 7 heteroatoms. The van der Waals surface area contributed by atoms with Gasteiger partial charge in [-0.05, 0) is 26.7 Å². The van der Waals surface area contributed by atoms with Gasteiger partial charge in [0.2, 0.25) is 0 Å². The molecule has 20 heavy (non-hydrogen) atoms. The van der Waals surface area contributed by atoms with E-state index in [1.165, 1.54) is 9.80 Å². The number of hydrogen-bond acceptors (Lipinski definition) is 4. The van der Waals surface area contributed by atoms with Crippen LogP contribution < -0.4 is 0 Å². The quantitative estimate of drug-likeness (QED) is 0.671. The van der Waals surface area contributed by atoms with Gasteiger partial charge in [-0.1, -0.05) is 0 Å². The number of hydrogen-bond donors (Lipinski definition) is 1. The minimum Gasteiger partial charge on any atom is -0.481 e. The normalized spacial score (nSPS) is 13.7. The van der Waals surface area contributed by atoms with E-state index in [9.17, 15) is 14.4 Å². The zero-order chi connectivity index (χ0) is 15.1. The zero-order valence-corrected chi connectivity index (χ0v) is 12.0. The number of amides is 2. The smallest absolute Gasteiger partial charge is 0.325 e. The number of ether oxygens (including phenoxy) is 1. The van der Waals surface area contributed by atoms with Gasteiger partial charge in [-0.3, -0.25) is 9.59 Å². The van der Waals surface area contributed by atoms with Crippen LogP contribution in [0.5, 0.6) is 0 Å². The summed E-state index contributed by atoms with van der Waals surface area (Å²) in [5.41, 5.74) is 0. The van der Waals surface area contributed by atoms with Crippen LogP contribution in [-0.4, -0.2) is 65.2 Å². The number of carbonyl (C=O) groups excluding carboxylic acids is 2. The van der Waals surface area contributed by atoms with Crippen LogP contribution in [0.4, 0.5) is 4.79 Å². The maximum Gasteiger partial charge on any atom is 0.325 e. The van der Waals surface area contributed by atoms with Gasteiger partial charge in [0.15, 0.2) is 0 Å². The third-order valence-corrected chi connectivity index (χ3v) is 3.09. The molecule has 0 aliphatic heterocycles. The molecule has 1 N–H and O–H groups in total. The summed E-state index contributed by atoms with van der Waals surface area (Å²) < 4.78 is 4.87. The molecule has 7 nitrogen and oxygen atoms in total. The Morgan fingerprint density at radius 1 is 1.25 bits per heavy atom. The van der Waals surface area contributed by atoms with E-state index in [1.807, 2.05) is 0 Å². The Morgan fingerprint density at radius 3 is 2.35 bits per heavy atom. The van der Waals surface area contributed by atoms with Gasteiger partial charge in [-0.25, -0.2) is 4.79 Å². The maximum absolute atomic E-state index is 12.4. The fourth-order valence-electron chi connectivity index (χ4n) is 1.89. The topological polar surface area (TPSA) is 87.2 Å². The van der Waals surface area contributed by atoms with E-state index in [0.29, 0.717) is 6.54 Å². The van der Waals surface area contributed by atoms with Crippen LogP contribution in [-0.2, 0) is 14.3 Å². The number of rotatable bonds is 8. The van der Waals surface area contributed by atoms with E-state index in [0.717, 1.165) is 12.8 Å². The van der Waals surface area contributed by atoms with Crippen LogP contribution in [0, 0.1) is 0 Å². The SMILES string of the molecule is CCOC(=O)CN(C(=O)N(CC)CCC(=O)O)C1CC1. The predicted molar refractivity (Wildman–Crippen MR) is 71.3 cm³/mol. The number of carboxylic acid groups (broad SMARTS) is 1. The molecule has 0 spiro atoms. The first-order chi connectivity index (χ1) is 9.49. The highest BCUT2D eigenvalue weighted by molar-refractivity contribution is 5.82. The largest absolute Gasteiger partial charge is 0.481 e. The molecule has 1 saturated carbocycles. The first-order valence-electron chi connectivity index (χ1n) is 6.92. The summed E-state index contributed by atoms with van der Waals surface area (Å²) in [7, 11) is 0. The summed E-state index contributed by atoms with van der Waals surface area (Å²) >= 11 is 0. The monoisotopic (exact) mass is 286 g/mol. The van der Waals surface area contributed by atoms with Crippen molar-refractivity contribution in [1.82, 2.24) is 9.80 Å². The minimum atomic E-state index is -0.945. The van der Waals surface area contributed by atoms with Crippen molar-refractivity contribution < 1.29 is 24.2 Å². The van der Waals surface area contributed by atoms with E-state index in [4.69, 9.17) is 9.84 Å². The number of esters is 1. The molecule has 0 unspecified atom stereocenters. The Bertz CT molecular complexity index is 368. The fraction of sp³-hybridized carbons (Fsp3) is 0.769. The van der Waals surface area contributed by atoms with Gasteiger partial charge in [0.05, 0.1) is 13.0 Å². The average molecular weight is 286 g/mol. The second-order valence-electron chi connectivity index (χ2n) is 4.67. The number of urea groups is 1. The van der Waals surface area contributed by atoms with E-state index < -0.39 is 11.9 Å². The van der Waals surface area contributed by atoms with Crippen molar-refractivity contribution in [3.63, 3.8) is 0 Å². The lowest BCUT2D eigenvalue weighted by atomic mass is 10.3. The highest BCUT2D eigenvalue weighted by Crippen LogP contribution is 2.27. The average Bonchev–Trinajstić information content (AvgIpc) is 3.20. The summed E-state index contributed by atoms with van der Waals surface area (Å²) in [5.74, 6) is -1.37. The van der Waals surface area contributed by atoms with E-state index in [-0.39, 0.29) is 38.2 Å². The Balaban J connectivity index is 2.61. The summed E-state index contributed by atoms with van der Waals surface area (Å²) in [4.78, 5) is 37.4. The van der Waals surface area contributed by atoms with Gasteiger partial charge in [-0.2, -0.15) is 0 Å². The lowest BCUT2D eigenvalue weighted by molar-refractivity contribution is -0.144. The summed E-state index contributed by atoms with van der Waals surface area (Å²) in [6, 6.07) is -0.213. The van der Waals surface area contributed by atoms with Crippen molar-refractivity contribution in [3.05, 3.63) is 0 Å². The molecule has 0 bridgehead atoms. The molecule has 114 valence electrons. The predicted octanol–water partition coefficient (Wildman–Crippen LogP) is 0.930. The van der Waals surface area contributed by atoms with Gasteiger partial charge in [-0.15, -0.1) is 0 Å². The number of nitrogens with zero attached hydrogens (tertiary/aromatic N) is 2. The van der Waals surface area contributed by atoms with Crippen LogP contribution in [0.15, 0.2) is 0 Å². The van der Waals surface area contributed by atoms with Gasteiger partial charge < -0.3 is 19.6 Å². The van der Waals surface area contributed by atoms with Crippen molar-refractivity contribution in [2.75, 3.05) is 26.2 Å². The molecule has 1 rings (SSSR count). The lowest BCUT2D eigenvalue weighted by Crippen LogP contribution is -2.47. The Kier molecular flexibility index (Phi) is 6.27. The van der Waals surface area contributed by atoms with Crippen LogP contribution in [0.2, 0.25) is 0 Å².